The summed E-state index contributed by atoms with van der Waals surface area (Å²) in [5.74, 6) is 1.49. The Balaban J connectivity index is 1.87. The van der Waals surface area contributed by atoms with Crippen LogP contribution in [0.15, 0.2) is 24.5 Å². The van der Waals surface area contributed by atoms with Crippen LogP contribution in [0.5, 0.6) is 11.5 Å². The lowest BCUT2D eigenvalue weighted by Crippen LogP contribution is -2.36. The average molecular weight is 335 g/mol. The number of nitrogens with one attached hydrogen (secondary N) is 1. The van der Waals surface area contributed by atoms with Gasteiger partial charge >= 0.3 is 6.11 Å². The maximum Gasteiger partial charge on any atom is 0.433 e. The third-order valence-electron chi connectivity index (χ3n) is 3.56. The molecule has 0 amide bonds. The lowest BCUT2D eigenvalue weighted by Gasteiger charge is -2.26. The monoisotopic (exact) mass is 335 g/mol. The number of fused-ring (bicyclic) bond motifs is 1. The van der Waals surface area contributed by atoms with E-state index in [-0.39, 0.29) is 5.75 Å². The van der Waals surface area contributed by atoms with Gasteiger partial charge in [0.2, 0.25) is 0 Å². The molecule has 1 aliphatic rings. The minimum Gasteiger partial charge on any atom is -0.479 e. The molecule has 24 heavy (non-hydrogen) atoms. The minimum atomic E-state index is -3.32. The number of hydrogen-bond donors (Lipinski definition) is 1. The molecule has 2 aromatic rings. The lowest BCUT2D eigenvalue weighted by molar-refractivity contribution is -0.208. The molecule has 1 aromatic carbocycles. The van der Waals surface area contributed by atoms with Crippen LogP contribution < -0.4 is 14.8 Å². The molecule has 0 fully saturated rings. The molecule has 0 saturated heterocycles. The van der Waals surface area contributed by atoms with E-state index < -0.39 is 12.7 Å². The Morgan fingerprint density at radius 3 is 2.67 bits per heavy atom. The number of anilines is 1. The molecule has 0 atom stereocenters. The highest BCUT2D eigenvalue weighted by atomic mass is 19.3. The first kappa shape index (κ1) is 16.4. The molecular formula is C17H19F2N3O2. The second-order valence-corrected chi connectivity index (χ2v) is 6.20. The highest BCUT2D eigenvalue weighted by Gasteiger charge is 2.38. The maximum absolute atomic E-state index is 13.3. The highest BCUT2D eigenvalue weighted by Crippen LogP contribution is 2.40. The van der Waals surface area contributed by atoms with E-state index in [1.807, 2.05) is 6.92 Å². The molecule has 0 unspecified atom stereocenters. The van der Waals surface area contributed by atoms with Crippen LogP contribution in [0.3, 0.4) is 0 Å². The van der Waals surface area contributed by atoms with Crippen molar-refractivity contribution in [3.8, 4) is 22.8 Å². The first-order valence-corrected chi connectivity index (χ1v) is 7.74. The van der Waals surface area contributed by atoms with Crippen molar-refractivity contribution in [1.82, 2.24) is 9.97 Å². The molecule has 1 N–H and O–H groups in total. The summed E-state index contributed by atoms with van der Waals surface area (Å²) in [7, 11) is 0. The van der Waals surface area contributed by atoms with Crippen molar-refractivity contribution in [3.05, 3.63) is 30.1 Å². The van der Waals surface area contributed by atoms with Crippen LogP contribution in [0.4, 0.5) is 14.6 Å². The van der Waals surface area contributed by atoms with E-state index >= 15 is 0 Å². The number of halogens is 2. The minimum absolute atomic E-state index is 0.00987. The van der Waals surface area contributed by atoms with Crippen molar-refractivity contribution in [2.24, 2.45) is 5.92 Å². The van der Waals surface area contributed by atoms with E-state index in [1.54, 1.807) is 18.5 Å². The third-order valence-corrected chi connectivity index (χ3v) is 3.56. The second kappa shape index (κ2) is 6.22. The predicted molar refractivity (Wildman–Crippen MR) is 86.6 cm³/mol. The first-order valence-electron chi connectivity index (χ1n) is 7.74. The summed E-state index contributed by atoms with van der Waals surface area (Å²) < 4.78 is 36.4. The Hall–Kier alpha value is -2.44. The van der Waals surface area contributed by atoms with Gasteiger partial charge in [0, 0.05) is 12.1 Å². The van der Waals surface area contributed by atoms with Crippen molar-refractivity contribution >= 4 is 5.82 Å². The topological polar surface area (TPSA) is 56.3 Å². The smallest absolute Gasteiger partial charge is 0.433 e. The van der Waals surface area contributed by atoms with Crippen LogP contribution in [0.1, 0.15) is 19.4 Å². The van der Waals surface area contributed by atoms with Gasteiger partial charge in [-0.1, -0.05) is 13.8 Å². The third kappa shape index (κ3) is 3.55. The van der Waals surface area contributed by atoms with Gasteiger partial charge in [-0.3, -0.25) is 4.98 Å². The van der Waals surface area contributed by atoms with E-state index in [1.165, 1.54) is 6.07 Å². The van der Waals surface area contributed by atoms with Gasteiger partial charge in [-0.05, 0) is 30.5 Å². The fourth-order valence-electron chi connectivity index (χ4n) is 2.35. The number of hydrogen-bond acceptors (Lipinski definition) is 5. The standard InChI is InChI=1S/C17H19F2N3O2/c1-10(2)6-21-16-8-20-13(7-22-16)12-5-15-14(4-11(12)3)23-9-17(18,19)24-15/h4-5,7-8,10H,6,9H2,1-3H3,(H,21,22). The number of nitrogens with zero attached hydrogens (tertiary/aromatic N) is 2. The number of rotatable bonds is 4. The molecule has 128 valence electrons. The SMILES string of the molecule is Cc1cc2c(cc1-c1cnc(NCC(C)C)cn1)OC(F)(F)CO2. The van der Waals surface area contributed by atoms with Gasteiger partial charge in [0.15, 0.2) is 18.1 Å². The molecule has 1 aromatic heterocycles. The van der Waals surface area contributed by atoms with E-state index in [0.717, 1.165) is 12.1 Å². The maximum atomic E-state index is 13.3. The summed E-state index contributed by atoms with van der Waals surface area (Å²) in [6.45, 7) is 6.07. The summed E-state index contributed by atoms with van der Waals surface area (Å²) in [6.07, 6.45) is -0.0857. The van der Waals surface area contributed by atoms with Crippen molar-refractivity contribution in [3.63, 3.8) is 0 Å². The Morgan fingerprint density at radius 1 is 1.21 bits per heavy atom. The highest BCUT2D eigenvalue weighted by molar-refractivity contribution is 5.68. The molecule has 5 nitrogen and oxygen atoms in total. The van der Waals surface area contributed by atoms with Gasteiger partial charge in [-0.25, -0.2) is 4.98 Å². The zero-order valence-electron chi connectivity index (χ0n) is 13.8. The zero-order chi connectivity index (χ0) is 17.3. The molecule has 0 radical (unpaired) electrons. The average Bonchev–Trinajstić information content (AvgIpc) is 2.53. The Labute approximate surface area is 139 Å². The largest absolute Gasteiger partial charge is 0.479 e. The van der Waals surface area contributed by atoms with Gasteiger partial charge in [0.05, 0.1) is 18.1 Å². The van der Waals surface area contributed by atoms with Crippen LogP contribution >= 0.6 is 0 Å². The normalized spacial score (nSPS) is 15.4. The molecular weight excluding hydrogens is 316 g/mol. The van der Waals surface area contributed by atoms with E-state index in [9.17, 15) is 8.78 Å². The quantitative estimate of drug-likeness (QED) is 0.919. The van der Waals surface area contributed by atoms with Gasteiger partial charge in [-0.2, -0.15) is 8.78 Å². The van der Waals surface area contributed by atoms with Crippen molar-refractivity contribution in [1.29, 1.82) is 0 Å². The lowest BCUT2D eigenvalue weighted by atomic mass is 10.0. The summed E-state index contributed by atoms with van der Waals surface area (Å²) in [6, 6.07) is 3.19. The van der Waals surface area contributed by atoms with Crippen LogP contribution in [0.2, 0.25) is 0 Å². The van der Waals surface area contributed by atoms with E-state index in [2.05, 4.69) is 29.1 Å². The summed E-state index contributed by atoms with van der Waals surface area (Å²) in [5, 5.41) is 3.18. The fourth-order valence-corrected chi connectivity index (χ4v) is 2.35. The summed E-state index contributed by atoms with van der Waals surface area (Å²) in [4.78, 5) is 8.68. The summed E-state index contributed by atoms with van der Waals surface area (Å²) >= 11 is 0. The molecule has 3 rings (SSSR count). The van der Waals surface area contributed by atoms with Crippen LogP contribution in [-0.4, -0.2) is 29.2 Å². The van der Waals surface area contributed by atoms with Gasteiger partial charge in [0.1, 0.15) is 5.82 Å². The Morgan fingerprint density at radius 2 is 2.00 bits per heavy atom. The molecule has 0 spiro atoms. The Kier molecular flexibility index (Phi) is 4.26. The zero-order valence-corrected chi connectivity index (χ0v) is 13.8. The number of alkyl halides is 2. The molecule has 0 aliphatic carbocycles. The fraction of sp³-hybridized carbons (Fsp3) is 0.412. The molecule has 7 heteroatoms. The number of benzene rings is 1. The van der Waals surface area contributed by atoms with Crippen molar-refractivity contribution in [2.45, 2.75) is 26.9 Å². The number of aryl methyl sites for hydroxylation is 1. The van der Waals surface area contributed by atoms with E-state index in [4.69, 9.17) is 9.47 Å². The molecule has 2 heterocycles. The molecule has 1 aliphatic heterocycles. The van der Waals surface area contributed by atoms with Crippen LogP contribution in [0, 0.1) is 12.8 Å². The van der Waals surface area contributed by atoms with Crippen LogP contribution in [-0.2, 0) is 0 Å². The second-order valence-electron chi connectivity index (χ2n) is 6.20. The molecule has 0 bridgehead atoms. The number of ether oxygens (including phenoxy) is 2. The van der Waals surface area contributed by atoms with Gasteiger partial charge in [0.25, 0.3) is 0 Å². The Bertz CT molecular complexity index is 733. The first-order chi connectivity index (χ1) is 11.3. The van der Waals surface area contributed by atoms with Gasteiger partial charge < -0.3 is 14.8 Å². The number of aromatic nitrogens is 2. The predicted octanol–water partition coefficient (Wildman–Crippen LogP) is 3.88. The van der Waals surface area contributed by atoms with Crippen molar-refractivity contribution in [2.75, 3.05) is 18.5 Å². The summed E-state index contributed by atoms with van der Waals surface area (Å²) in [5.41, 5.74) is 2.11. The van der Waals surface area contributed by atoms with E-state index in [0.29, 0.717) is 28.7 Å². The van der Waals surface area contributed by atoms with Crippen LogP contribution in [0.25, 0.3) is 11.3 Å². The van der Waals surface area contributed by atoms with Gasteiger partial charge in [-0.15, -0.1) is 0 Å². The molecule has 0 saturated carbocycles. The van der Waals surface area contributed by atoms with Crippen molar-refractivity contribution < 1.29 is 18.3 Å².